The third kappa shape index (κ3) is 4.75. The van der Waals surface area contributed by atoms with Crippen LogP contribution in [-0.4, -0.2) is 59.7 Å². The van der Waals surface area contributed by atoms with Gasteiger partial charge in [0.25, 0.3) is 0 Å². The molecule has 0 aliphatic carbocycles. The first kappa shape index (κ1) is 18.6. The molecule has 2 aliphatic rings. The number of rotatable bonds is 6. The highest BCUT2D eigenvalue weighted by atomic mass is 16.5. The monoisotopic (exact) mass is 365 g/mol. The van der Waals surface area contributed by atoms with Crippen molar-refractivity contribution in [1.29, 1.82) is 0 Å². The Labute approximate surface area is 163 Å². The quantitative estimate of drug-likeness (QED) is 0.785. The molecule has 1 aromatic carbocycles. The summed E-state index contributed by atoms with van der Waals surface area (Å²) < 4.78 is 5.72. The van der Waals surface area contributed by atoms with E-state index in [1.165, 1.54) is 17.7 Å². The molecule has 0 unspecified atom stereocenters. The van der Waals surface area contributed by atoms with E-state index in [-0.39, 0.29) is 5.54 Å². The summed E-state index contributed by atoms with van der Waals surface area (Å²) in [6.45, 7) is 7.49. The van der Waals surface area contributed by atoms with Gasteiger partial charge in [0, 0.05) is 63.4 Å². The molecular weight excluding hydrogens is 334 g/mol. The lowest BCUT2D eigenvalue weighted by molar-refractivity contribution is -0.0522. The minimum absolute atomic E-state index is 0.286. The zero-order chi connectivity index (χ0) is 18.4. The Balaban J connectivity index is 1.36. The third-order valence-electron chi connectivity index (χ3n) is 6.29. The van der Waals surface area contributed by atoms with Crippen LogP contribution in [0.3, 0.4) is 0 Å². The van der Waals surface area contributed by atoms with Gasteiger partial charge in [0.2, 0.25) is 0 Å². The highest BCUT2D eigenvalue weighted by Crippen LogP contribution is 2.33. The molecule has 0 amide bonds. The summed E-state index contributed by atoms with van der Waals surface area (Å²) in [7, 11) is 0. The molecule has 2 aromatic rings. The van der Waals surface area contributed by atoms with E-state index in [0.29, 0.717) is 0 Å². The second-order valence-corrected chi connectivity index (χ2v) is 7.91. The lowest BCUT2D eigenvalue weighted by atomic mass is 9.82. The fourth-order valence-electron chi connectivity index (χ4n) is 4.60. The third-order valence-corrected chi connectivity index (χ3v) is 6.29. The van der Waals surface area contributed by atoms with E-state index in [9.17, 15) is 0 Å². The number of hydrogen-bond donors (Lipinski definition) is 0. The Morgan fingerprint density at radius 1 is 0.889 bits per heavy atom. The largest absolute Gasteiger partial charge is 0.381 e. The van der Waals surface area contributed by atoms with Crippen molar-refractivity contribution in [2.75, 3.05) is 39.4 Å². The number of ether oxygens (including phenoxy) is 1. The number of hydrogen-bond acceptors (Lipinski definition) is 4. The van der Waals surface area contributed by atoms with Crippen molar-refractivity contribution in [1.82, 2.24) is 14.8 Å². The zero-order valence-corrected chi connectivity index (χ0v) is 16.2. The maximum absolute atomic E-state index is 5.72. The molecule has 2 fully saturated rings. The molecular formula is C23H31N3O. The highest BCUT2D eigenvalue weighted by Gasteiger charge is 2.39. The molecule has 3 heterocycles. The van der Waals surface area contributed by atoms with Crippen LogP contribution < -0.4 is 0 Å². The summed E-state index contributed by atoms with van der Waals surface area (Å²) in [6, 6.07) is 17.1. The van der Waals surface area contributed by atoms with E-state index in [2.05, 4.69) is 57.2 Å². The van der Waals surface area contributed by atoms with Crippen LogP contribution in [0.4, 0.5) is 0 Å². The van der Waals surface area contributed by atoms with Gasteiger partial charge in [-0.15, -0.1) is 0 Å². The Morgan fingerprint density at radius 2 is 1.63 bits per heavy atom. The van der Waals surface area contributed by atoms with Gasteiger partial charge in [-0.2, -0.15) is 0 Å². The number of piperazine rings is 1. The van der Waals surface area contributed by atoms with Crippen LogP contribution >= 0.6 is 0 Å². The topological polar surface area (TPSA) is 28.6 Å². The average Bonchev–Trinajstić information content (AvgIpc) is 2.75. The molecule has 4 nitrogen and oxygen atoms in total. The summed E-state index contributed by atoms with van der Waals surface area (Å²) in [5, 5.41) is 0. The van der Waals surface area contributed by atoms with Crippen LogP contribution in [0.15, 0.2) is 54.7 Å². The van der Waals surface area contributed by atoms with Crippen LogP contribution in [-0.2, 0) is 17.7 Å². The predicted octanol–water partition coefficient (Wildman–Crippen LogP) is 3.38. The molecule has 0 bridgehead atoms. The van der Waals surface area contributed by atoms with E-state index in [1.54, 1.807) is 0 Å². The number of benzene rings is 1. The number of pyridine rings is 1. The summed E-state index contributed by atoms with van der Waals surface area (Å²) in [6.07, 6.45) is 6.46. The van der Waals surface area contributed by atoms with Gasteiger partial charge in [-0.3, -0.25) is 14.8 Å². The molecule has 144 valence electrons. The van der Waals surface area contributed by atoms with Crippen LogP contribution in [0.1, 0.15) is 30.5 Å². The van der Waals surface area contributed by atoms with Gasteiger partial charge < -0.3 is 4.74 Å². The van der Waals surface area contributed by atoms with Crippen LogP contribution in [0.25, 0.3) is 0 Å². The molecule has 27 heavy (non-hydrogen) atoms. The fourth-order valence-corrected chi connectivity index (χ4v) is 4.60. The molecule has 0 saturated carbocycles. The molecule has 1 aromatic heterocycles. The lowest BCUT2D eigenvalue weighted by Crippen LogP contribution is -2.59. The van der Waals surface area contributed by atoms with E-state index in [0.717, 1.165) is 65.2 Å². The molecule has 0 atom stereocenters. The minimum Gasteiger partial charge on any atom is -0.381 e. The number of aryl methyl sites for hydroxylation is 1. The van der Waals surface area contributed by atoms with Crippen LogP contribution in [0.5, 0.6) is 0 Å². The predicted molar refractivity (Wildman–Crippen MR) is 109 cm³/mol. The molecule has 2 aliphatic heterocycles. The lowest BCUT2D eigenvalue weighted by Gasteiger charge is -2.50. The van der Waals surface area contributed by atoms with Crippen molar-refractivity contribution in [3.05, 3.63) is 66.0 Å². The van der Waals surface area contributed by atoms with Crippen molar-refractivity contribution in [2.45, 2.75) is 37.8 Å². The van der Waals surface area contributed by atoms with Crippen LogP contribution in [0.2, 0.25) is 0 Å². The minimum atomic E-state index is 0.286. The van der Waals surface area contributed by atoms with E-state index >= 15 is 0 Å². The first-order valence-electron chi connectivity index (χ1n) is 10.3. The van der Waals surface area contributed by atoms with E-state index in [1.807, 2.05) is 12.3 Å². The van der Waals surface area contributed by atoms with Gasteiger partial charge in [-0.25, -0.2) is 0 Å². The molecule has 0 spiro atoms. The smallest absolute Gasteiger partial charge is 0.0483 e. The SMILES string of the molecule is c1ccc(CN2CCN(C3(CCc4ccccn4)CCOCC3)CC2)cc1. The normalized spacial score (nSPS) is 21.2. The maximum Gasteiger partial charge on any atom is 0.0483 e. The Morgan fingerprint density at radius 3 is 2.33 bits per heavy atom. The van der Waals surface area contributed by atoms with Crippen LogP contribution in [0, 0.1) is 0 Å². The van der Waals surface area contributed by atoms with E-state index < -0.39 is 0 Å². The van der Waals surface area contributed by atoms with Crippen molar-refractivity contribution < 1.29 is 4.74 Å². The Bertz CT molecular complexity index is 677. The van der Waals surface area contributed by atoms with Crippen molar-refractivity contribution in [2.24, 2.45) is 0 Å². The first-order valence-corrected chi connectivity index (χ1v) is 10.3. The second kappa shape index (κ2) is 8.96. The fraction of sp³-hybridized carbons (Fsp3) is 0.522. The van der Waals surface area contributed by atoms with E-state index in [4.69, 9.17) is 4.74 Å². The Hall–Kier alpha value is -1.75. The van der Waals surface area contributed by atoms with Gasteiger partial charge >= 0.3 is 0 Å². The summed E-state index contributed by atoms with van der Waals surface area (Å²) in [4.78, 5) is 9.90. The Kier molecular flexibility index (Phi) is 6.17. The van der Waals surface area contributed by atoms with Gasteiger partial charge in [-0.1, -0.05) is 36.4 Å². The maximum atomic E-state index is 5.72. The van der Waals surface area contributed by atoms with Gasteiger partial charge in [0.05, 0.1) is 0 Å². The molecule has 4 rings (SSSR count). The van der Waals surface area contributed by atoms with Crippen molar-refractivity contribution >= 4 is 0 Å². The van der Waals surface area contributed by atoms with Crippen molar-refractivity contribution in [3.63, 3.8) is 0 Å². The molecule has 0 N–H and O–H groups in total. The second-order valence-electron chi connectivity index (χ2n) is 7.91. The number of nitrogens with zero attached hydrogens (tertiary/aromatic N) is 3. The van der Waals surface area contributed by atoms with Gasteiger partial charge in [0.15, 0.2) is 0 Å². The number of aromatic nitrogens is 1. The van der Waals surface area contributed by atoms with Gasteiger partial charge in [-0.05, 0) is 43.4 Å². The van der Waals surface area contributed by atoms with Crippen molar-refractivity contribution in [3.8, 4) is 0 Å². The molecule has 4 heteroatoms. The summed E-state index contributed by atoms with van der Waals surface area (Å²) >= 11 is 0. The van der Waals surface area contributed by atoms with Gasteiger partial charge in [0.1, 0.15) is 0 Å². The standard InChI is InChI=1S/C23H31N3O/c1-2-6-21(7-3-1)20-25-14-16-26(17-15-25)23(11-18-27-19-12-23)10-9-22-8-4-5-13-24-22/h1-8,13H,9-12,14-20H2. The first-order chi connectivity index (χ1) is 13.3. The summed E-state index contributed by atoms with van der Waals surface area (Å²) in [5.74, 6) is 0. The molecule has 0 radical (unpaired) electrons. The zero-order valence-electron chi connectivity index (χ0n) is 16.2. The summed E-state index contributed by atoms with van der Waals surface area (Å²) in [5.41, 5.74) is 2.92. The molecule has 2 saturated heterocycles. The highest BCUT2D eigenvalue weighted by molar-refractivity contribution is 5.14. The average molecular weight is 366 g/mol.